The average Bonchev–Trinajstić information content (AvgIpc) is 3.30. The number of cyclic esters (lactones) is 1. The normalized spacial score (nSPS) is 14.6. The zero-order valence-corrected chi connectivity index (χ0v) is 15.6. The van der Waals surface area contributed by atoms with Crippen LogP contribution in [0.15, 0.2) is 72.8 Å². The smallest absolute Gasteiger partial charge is 0.338 e. The van der Waals surface area contributed by atoms with Crippen LogP contribution in [0.5, 0.6) is 5.75 Å². The molecule has 0 saturated carbocycles. The topological polar surface area (TPSA) is 69.7 Å². The molecule has 0 aromatic heterocycles. The average molecular weight is 386 g/mol. The van der Waals surface area contributed by atoms with Crippen molar-refractivity contribution in [3.63, 3.8) is 0 Å². The van der Waals surface area contributed by atoms with Gasteiger partial charge in [0.25, 0.3) is 0 Å². The third-order valence-corrected chi connectivity index (χ3v) is 4.80. The minimum Gasteiger partial charge on any atom is -0.457 e. The van der Waals surface area contributed by atoms with E-state index < -0.39 is 0 Å². The van der Waals surface area contributed by atoms with Crippen molar-refractivity contribution in [3.05, 3.63) is 101 Å². The molecule has 0 bridgehead atoms. The largest absolute Gasteiger partial charge is 0.457 e. The Morgan fingerprint density at radius 3 is 1.86 bits per heavy atom. The van der Waals surface area contributed by atoms with Crippen LogP contribution in [0.25, 0.3) is 0 Å². The summed E-state index contributed by atoms with van der Waals surface area (Å²) in [6.45, 7) is 0.439. The first kappa shape index (κ1) is 18.6. The third kappa shape index (κ3) is 4.09. The molecule has 0 radical (unpaired) electrons. The highest BCUT2D eigenvalue weighted by Gasteiger charge is 2.21. The summed E-state index contributed by atoms with van der Waals surface area (Å²) in [5.41, 5.74) is 4.81. The summed E-state index contributed by atoms with van der Waals surface area (Å²) in [5.74, 6) is 0.648. The quantitative estimate of drug-likeness (QED) is 0.432. The molecular weight excluding hydrogens is 368 g/mol. The molecule has 3 aliphatic rings. The number of esters is 2. The van der Waals surface area contributed by atoms with Gasteiger partial charge in [0, 0.05) is 23.1 Å². The van der Waals surface area contributed by atoms with Crippen molar-refractivity contribution in [1.82, 2.24) is 0 Å². The molecule has 3 aromatic carbocycles. The van der Waals surface area contributed by atoms with E-state index in [1.54, 1.807) is 12.1 Å². The Bertz CT molecular complexity index is 1070. The number of fused-ring (bicyclic) bond motifs is 3. The maximum absolute atomic E-state index is 10.8. The van der Waals surface area contributed by atoms with Gasteiger partial charge >= 0.3 is 11.9 Å². The lowest BCUT2D eigenvalue weighted by Gasteiger charge is -2.14. The Balaban J connectivity index is 0.000000106. The number of hydrogen-bond donors (Lipinski definition) is 0. The van der Waals surface area contributed by atoms with Crippen LogP contribution >= 0.6 is 0 Å². The van der Waals surface area contributed by atoms with Crippen LogP contribution in [-0.4, -0.2) is 17.7 Å². The predicted molar refractivity (Wildman–Crippen MR) is 106 cm³/mol. The molecule has 0 spiro atoms. The summed E-state index contributed by atoms with van der Waals surface area (Å²) in [6, 6.07) is 22.6. The van der Waals surface area contributed by atoms with Gasteiger partial charge in [0.05, 0.1) is 12.0 Å². The Kier molecular flexibility index (Phi) is 5.20. The van der Waals surface area contributed by atoms with Crippen LogP contribution in [0.4, 0.5) is 0 Å². The van der Waals surface area contributed by atoms with E-state index in [-0.39, 0.29) is 17.7 Å². The Labute approximate surface area is 167 Å². The first-order valence-electron chi connectivity index (χ1n) is 9.26. The van der Waals surface area contributed by atoms with Gasteiger partial charge in [-0.05, 0) is 17.7 Å². The summed E-state index contributed by atoms with van der Waals surface area (Å²) in [7, 11) is 0. The van der Waals surface area contributed by atoms with Crippen LogP contribution in [0.1, 0.15) is 37.4 Å². The maximum Gasteiger partial charge on any atom is 0.338 e. The molecule has 5 nitrogen and oxygen atoms in total. The van der Waals surface area contributed by atoms with E-state index in [0.717, 1.165) is 16.7 Å². The predicted octanol–water partition coefficient (Wildman–Crippen LogP) is 3.93. The molecule has 0 saturated heterocycles. The van der Waals surface area contributed by atoms with Gasteiger partial charge in [0.1, 0.15) is 12.4 Å². The molecule has 0 N–H and O–H groups in total. The van der Waals surface area contributed by atoms with Crippen molar-refractivity contribution in [2.75, 3.05) is 0 Å². The number of carbonyl (C=O) groups is 3. The van der Waals surface area contributed by atoms with E-state index in [4.69, 9.17) is 9.47 Å². The number of ketones is 1. The minimum atomic E-state index is -0.199. The number of carbonyl (C=O) groups excluding carboxylic acids is 3. The molecule has 3 aromatic rings. The maximum atomic E-state index is 10.8. The molecular formula is C24H18O5. The van der Waals surface area contributed by atoms with E-state index >= 15 is 0 Å². The molecule has 0 fully saturated rings. The SMILES string of the molecule is O=C1Cc2ccccc21.O=C1Cc2ccccc2O1.O=C1OCc2ccccc21. The summed E-state index contributed by atoms with van der Waals surface area (Å²) < 4.78 is 9.65. The van der Waals surface area contributed by atoms with Crippen molar-refractivity contribution in [1.29, 1.82) is 0 Å². The van der Waals surface area contributed by atoms with E-state index in [2.05, 4.69) is 0 Å². The van der Waals surface area contributed by atoms with Crippen LogP contribution in [-0.2, 0) is 29.0 Å². The molecule has 2 heterocycles. The summed E-state index contributed by atoms with van der Waals surface area (Å²) in [6.07, 6.45) is 1.08. The lowest BCUT2D eigenvalue weighted by atomic mass is 9.88. The van der Waals surface area contributed by atoms with Crippen molar-refractivity contribution < 1.29 is 23.9 Å². The van der Waals surface area contributed by atoms with Crippen LogP contribution in [0, 0.1) is 0 Å². The lowest BCUT2D eigenvalue weighted by molar-refractivity contribution is -0.131. The van der Waals surface area contributed by atoms with Gasteiger partial charge < -0.3 is 9.47 Å². The van der Waals surface area contributed by atoms with Crippen LogP contribution in [0.2, 0.25) is 0 Å². The van der Waals surface area contributed by atoms with Gasteiger partial charge in [0.15, 0.2) is 5.78 Å². The fourth-order valence-corrected chi connectivity index (χ4v) is 3.24. The van der Waals surface area contributed by atoms with Gasteiger partial charge in [-0.15, -0.1) is 0 Å². The van der Waals surface area contributed by atoms with Crippen molar-refractivity contribution in [2.45, 2.75) is 19.4 Å². The highest BCUT2D eigenvalue weighted by atomic mass is 16.5. The summed E-state index contributed by atoms with van der Waals surface area (Å²) in [5, 5.41) is 0. The molecule has 144 valence electrons. The molecule has 1 aliphatic carbocycles. The van der Waals surface area contributed by atoms with E-state index in [1.165, 1.54) is 5.56 Å². The van der Waals surface area contributed by atoms with E-state index in [9.17, 15) is 14.4 Å². The fourth-order valence-electron chi connectivity index (χ4n) is 3.24. The number of para-hydroxylation sites is 1. The first-order valence-corrected chi connectivity index (χ1v) is 9.26. The zero-order chi connectivity index (χ0) is 20.2. The van der Waals surface area contributed by atoms with Gasteiger partial charge in [-0.2, -0.15) is 0 Å². The highest BCUT2D eigenvalue weighted by molar-refractivity contribution is 6.06. The van der Waals surface area contributed by atoms with Crippen molar-refractivity contribution >= 4 is 17.7 Å². The lowest BCUT2D eigenvalue weighted by Crippen LogP contribution is -2.17. The summed E-state index contributed by atoms with van der Waals surface area (Å²) >= 11 is 0. The number of ether oxygens (including phenoxy) is 2. The minimum absolute atomic E-state index is 0.152. The van der Waals surface area contributed by atoms with Gasteiger partial charge in [-0.3, -0.25) is 9.59 Å². The monoisotopic (exact) mass is 386 g/mol. The van der Waals surface area contributed by atoms with Gasteiger partial charge in [-0.1, -0.05) is 60.7 Å². The van der Waals surface area contributed by atoms with Gasteiger partial charge in [-0.25, -0.2) is 4.79 Å². The molecule has 5 heteroatoms. The highest BCUT2D eigenvalue weighted by Crippen LogP contribution is 2.24. The first-order chi connectivity index (χ1) is 14.1. The number of hydrogen-bond acceptors (Lipinski definition) is 5. The van der Waals surface area contributed by atoms with E-state index in [1.807, 2.05) is 60.7 Å². The molecule has 6 rings (SSSR count). The van der Waals surface area contributed by atoms with Crippen LogP contribution < -0.4 is 4.74 Å². The molecule has 2 aliphatic heterocycles. The molecule has 29 heavy (non-hydrogen) atoms. The number of rotatable bonds is 0. The zero-order valence-electron chi connectivity index (χ0n) is 15.6. The molecule has 0 unspecified atom stereocenters. The van der Waals surface area contributed by atoms with E-state index in [0.29, 0.717) is 30.8 Å². The van der Waals surface area contributed by atoms with Crippen molar-refractivity contribution in [3.8, 4) is 5.75 Å². The summed E-state index contributed by atoms with van der Waals surface area (Å²) in [4.78, 5) is 32.2. The second-order valence-corrected chi connectivity index (χ2v) is 6.75. The second-order valence-electron chi connectivity index (χ2n) is 6.75. The molecule has 0 amide bonds. The van der Waals surface area contributed by atoms with Crippen LogP contribution in [0.3, 0.4) is 0 Å². The van der Waals surface area contributed by atoms with Crippen molar-refractivity contribution in [2.24, 2.45) is 0 Å². The third-order valence-electron chi connectivity index (χ3n) is 4.80. The number of Topliss-reactive ketones (excluding diaryl/α,β-unsaturated/α-hetero) is 1. The Morgan fingerprint density at radius 2 is 1.24 bits per heavy atom. The molecule has 0 atom stereocenters. The Morgan fingerprint density at radius 1 is 0.621 bits per heavy atom. The van der Waals surface area contributed by atoms with Gasteiger partial charge in [0.2, 0.25) is 0 Å². The number of benzene rings is 3. The standard InChI is InChI=1S/2C8H6O2.C8H6O/c9-8-7-4-2-1-3-6(7)5-10-8;9-8-5-6-3-1-2-4-7(6)10-8;9-8-5-6-3-1-2-4-7(6)8/h2*1-4H,5H2;1-4H,5H2. The second kappa shape index (κ2) is 8.10. The Hall–Kier alpha value is -3.73. The fraction of sp³-hybridized carbons (Fsp3) is 0.125.